The second-order valence-electron chi connectivity index (χ2n) is 6.20. The fourth-order valence-corrected chi connectivity index (χ4v) is 2.57. The van der Waals surface area contributed by atoms with Gasteiger partial charge in [0.15, 0.2) is 0 Å². The Balaban J connectivity index is 1.74. The average molecular weight is 316 g/mol. The van der Waals surface area contributed by atoms with Crippen molar-refractivity contribution in [3.8, 4) is 0 Å². The molecule has 0 saturated carbocycles. The van der Waals surface area contributed by atoms with Crippen molar-refractivity contribution in [1.82, 2.24) is 19.9 Å². The quantitative estimate of drug-likeness (QED) is 0.732. The zero-order valence-corrected chi connectivity index (χ0v) is 14.2. The van der Waals surface area contributed by atoms with Gasteiger partial charge in [0.05, 0.1) is 18.3 Å². The highest BCUT2D eigenvalue weighted by Gasteiger charge is 2.09. The van der Waals surface area contributed by atoms with E-state index in [1.807, 2.05) is 12.3 Å². The van der Waals surface area contributed by atoms with Crippen LogP contribution in [0.2, 0.25) is 0 Å². The van der Waals surface area contributed by atoms with Crippen molar-refractivity contribution < 1.29 is 5.11 Å². The molecule has 0 radical (unpaired) electrons. The second kappa shape index (κ2) is 9.43. The zero-order chi connectivity index (χ0) is 16.5. The molecule has 0 spiro atoms. The Labute approximate surface area is 138 Å². The first-order valence-corrected chi connectivity index (χ1v) is 8.47. The molecular weight excluding hydrogens is 288 g/mol. The molecule has 126 valence electrons. The molecule has 1 heterocycles. The van der Waals surface area contributed by atoms with Crippen LogP contribution in [0.1, 0.15) is 37.4 Å². The van der Waals surface area contributed by atoms with Crippen LogP contribution in [0.15, 0.2) is 36.5 Å². The zero-order valence-electron chi connectivity index (χ0n) is 14.2. The number of nitrogens with zero attached hydrogens (tertiary/aromatic N) is 4. The fourth-order valence-electron chi connectivity index (χ4n) is 2.57. The van der Waals surface area contributed by atoms with Gasteiger partial charge in [-0.15, -0.1) is 5.10 Å². The van der Waals surface area contributed by atoms with E-state index in [1.54, 1.807) is 4.68 Å². The van der Waals surface area contributed by atoms with Gasteiger partial charge in [0.1, 0.15) is 0 Å². The predicted octanol–water partition coefficient (Wildman–Crippen LogP) is 2.50. The largest absolute Gasteiger partial charge is 0.391 e. The normalized spacial score (nSPS) is 12.7. The summed E-state index contributed by atoms with van der Waals surface area (Å²) in [7, 11) is 2.10. The Morgan fingerprint density at radius 1 is 1.26 bits per heavy atom. The van der Waals surface area contributed by atoms with E-state index >= 15 is 0 Å². The minimum atomic E-state index is -0.333. The smallest absolute Gasteiger partial charge is 0.0967 e. The molecule has 0 fully saturated rings. The Bertz CT molecular complexity index is 555. The molecule has 0 saturated heterocycles. The molecule has 23 heavy (non-hydrogen) atoms. The lowest BCUT2D eigenvalue weighted by atomic mass is 10.1. The first kappa shape index (κ1) is 17.6. The van der Waals surface area contributed by atoms with Gasteiger partial charge in [-0.1, -0.05) is 55.3 Å². The Morgan fingerprint density at radius 2 is 2.04 bits per heavy atom. The van der Waals surface area contributed by atoms with E-state index in [-0.39, 0.29) is 6.10 Å². The fraction of sp³-hybridized carbons (Fsp3) is 0.556. The summed E-state index contributed by atoms with van der Waals surface area (Å²) in [5.74, 6) is 0. The molecular formula is C18H28N4O. The summed E-state index contributed by atoms with van der Waals surface area (Å²) in [5.41, 5.74) is 2.30. The van der Waals surface area contributed by atoms with Gasteiger partial charge in [-0.3, -0.25) is 0 Å². The summed E-state index contributed by atoms with van der Waals surface area (Å²) in [5, 5.41) is 18.3. The number of unbranched alkanes of at least 4 members (excludes halogenated alkanes) is 1. The molecule has 0 aliphatic heterocycles. The third kappa shape index (κ3) is 6.50. The molecule has 0 aliphatic rings. The first-order valence-electron chi connectivity index (χ1n) is 8.47. The third-order valence-corrected chi connectivity index (χ3v) is 3.93. The number of aromatic nitrogens is 3. The van der Waals surface area contributed by atoms with Gasteiger partial charge < -0.3 is 10.0 Å². The SMILES string of the molecule is CCCCC(O)Cn1cc(CN(C)CCc2ccccc2)nn1. The molecule has 0 aliphatic carbocycles. The summed E-state index contributed by atoms with van der Waals surface area (Å²) < 4.78 is 1.75. The van der Waals surface area contributed by atoms with Crippen LogP contribution in [0.5, 0.6) is 0 Å². The van der Waals surface area contributed by atoms with E-state index in [0.717, 1.165) is 44.5 Å². The van der Waals surface area contributed by atoms with E-state index < -0.39 is 0 Å². The average Bonchev–Trinajstić information content (AvgIpc) is 2.98. The maximum Gasteiger partial charge on any atom is 0.0967 e. The van der Waals surface area contributed by atoms with Gasteiger partial charge in [0.2, 0.25) is 0 Å². The molecule has 1 aromatic carbocycles. The Hall–Kier alpha value is -1.72. The van der Waals surface area contributed by atoms with Gasteiger partial charge in [-0.05, 0) is 25.5 Å². The molecule has 2 aromatic rings. The second-order valence-corrected chi connectivity index (χ2v) is 6.20. The molecule has 0 bridgehead atoms. The molecule has 5 nitrogen and oxygen atoms in total. The Kier molecular flexibility index (Phi) is 7.23. The van der Waals surface area contributed by atoms with Crippen molar-refractivity contribution in [2.45, 2.75) is 51.8 Å². The maximum atomic E-state index is 9.94. The Morgan fingerprint density at radius 3 is 2.78 bits per heavy atom. The summed E-state index contributed by atoms with van der Waals surface area (Å²) in [6.07, 6.45) is 5.61. The highest BCUT2D eigenvalue weighted by atomic mass is 16.3. The van der Waals surface area contributed by atoms with Gasteiger partial charge in [0, 0.05) is 19.3 Å². The van der Waals surface area contributed by atoms with Crippen molar-refractivity contribution in [2.75, 3.05) is 13.6 Å². The van der Waals surface area contributed by atoms with Crippen LogP contribution in [-0.2, 0) is 19.5 Å². The van der Waals surface area contributed by atoms with Crippen LogP contribution < -0.4 is 0 Å². The van der Waals surface area contributed by atoms with E-state index in [2.05, 4.69) is 53.4 Å². The summed E-state index contributed by atoms with van der Waals surface area (Å²) in [4.78, 5) is 2.24. The monoisotopic (exact) mass is 316 g/mol. The molecule has 1 aromatic heterocycles. The number of aliphatic hydroxyl groups is 1. The maximum absolute atomic E-state index is 9.94. The van der Waals surface area contributed by atoms with E-state index in [0.29, 0.717) is 6.54 Å². The molecule has 5 heteroatoms. The van der Waals surface area contributed by atoms with Crippen LogP contribution in [-0.4, -0.2) is 44.7 Å². The number of hydrogen-bond donors (Lipinski definition) is 1. The number of rotatable bonds is 10. The minimum Gasteiger partial charge on any atom is -0.391 e. The van der Waals surface area contributed by atoms with Crippen LogP contribution in [0.25, 0.3) is 0 Å². The lowest BCUT2D eigenvalue weighted by Gasteiger charge is -2.14. The van der Waals surface area contributed by atoms with E-state index in [9.17, 15) is 5.11 Å². The lowest BCUT2D eigenvalue weighted by Crippen LogP contribution is -2.21. The van der Waals surface area contributed by atoms with Crippen molar-refractivity contribution in [1.29, 1.82) is 0 Å². The van der Waals surface area contributed by atoms with Crippen LogP contribution >= 0.6 is 0 Å². The highest BCUT2D eigenvalue weighted by molar-refractivity contribution is 5.14. The van der Waals surface area contributed by atoms with Gasteiger partial charge in [-0.25, -0.2) is 4.68 Å². The topological polar surface area (TPSA) is 54.2 Å². The van der Waals surface area contributed by atoms with E-state index in [4.69, 9.17) is 0 Å². The van der Waals surface area contributed by atoms with Gasteiger partial charge in [-0.2, -0.15) is 0 Å². The highest BCUT2D eigenvalue weighted by Crippen LogP contribution is 2.06. The minimum absolute atomic E-state index is 0.333. The third-order valence-electron chi connectivity index (χ3n) is 3.93. The predicted molar refractivity (Wildman–Crippen MR) is 92.0 cm³/mol. The summed E-state index contributed by atoms with van der Waals surface area (Å²) in [6, 6.07) is 10.5. The number of benzene rings is 1. The van der Waals surface area contributed by atoms with Crippen molar-refractivity contribution in [3.63, 3.8) is 0 Å². The van der Waals surface area contributed by atoms with Crippen molar-refractivity contribution in [2.24, 2.45) is 0 Å². The molecule has 1 unspecified atom stereocenters. The number of aliphatic hydroxyl groups excluding tert-OH is 1. The first-order chi connectivity index (χ1) is 11.2. The van der Waals surface area contributed by atoms with E-state index in [1.165, 1.54) is 5.56 Å². The van der Waals surface area contributed by atoms with Gasteiger partial charge >= 0.3 is 0 Å². The van der Waals surface area contributed by atoms with Crippen LogP contribution in [0, 0.1) is 0 Å². The van der Waals surface area contributed by atoms with Crippen molar-refractivity contribution in [3.05, 3.63) is 47.8 Å². The van der Waals surface area contributed by atoms with Crippen molar-refractivity contribution >= 4 is 0 Å². The summed E-state index contributed by atoms with van der Waals surface area (Å²) in [6.45, 7) is 4.42. The van der Waals surface area contributed by atoms with Crippen LogP contribution in [0.4, 0.5) is 0 Å². The van der Waals surface area contributed by atoms with Gasteiger partial charge in [0.25, 0.3) is 0 Å². The van der Waals surface area contributed by atoms with Crippen LogP contribution in [0.3, 0.4) is 0 Å². The standard InChI is InChI=1S/C18H28N4O/c1-3-4-10-18(23)15-22-14-17(19-20-22)13-21(2)12-11-16-8-6-5-7-9-16/h5-9,14,18,23H,3-4,10-13,15H2,1-2H3. The molecule has 0 amide bonds. The number of hydrogen-bond acceptors (Lipinski definition) is 4. The molecule has 2 rings (SSSR count). The lowest BCUT2D eigenvalue weighted by molar-refractivity contribution is 0.136. The molecule has 1 N–H and O–H groups in total. The summed E-state index contributed by atoms with van der Waals surface area (Å²) >= 11 is 0. The molecule has 1 atom stereocenters. The number of likely N-dealkylation sites (N-methyl/N-ethyl adjacent to an activating group) is 1.